The average molecular weight is 394 g/mol. The van der Waals surface area contributed by atoms with Crippen molar-refractivity contribution in [2.75, 3.05) is 36.2 Å². The lowest BCUT2D eigenvalue weighted by Gasteiger charge is -2.16. The van der Waals surface area contributed by atoms with Crippen molar-refractivity contribution in [1.82, 2.24) is 0 Å². The van der Waals surface area contributed by atoms with Crippen LogP contribution in [-0.4, -0.2) is 58.4 Å². The molecule has 0 aromatic carbocycles. The number of carboxylic acid groups (broad SMARTS) is 2. The first-order valence-corrected chi connectivity index (χ1v) is 12.1. The van der Waals surface area contributed by atoms with Crippen LogP contribution < -0.4 is 0 Å². The maximum Gasteiger partial charge on any atom is 0.304 e. The zero-order valence-corrected chi connectivity index (χ0v) is 15.5. The van der Waals surface area contributed by atoms with Crippen molar-refractivity contribution in [3.63, 3.8) is 0 Å². The van der Waals surface area contributed by atoms with Gasteiger partial charge in [0.15, 0.2) is 0 Å². The predicted octanol–water partition coefficient (Wildman–Crippen LogP) is 2.59. The Morgan fingerprint density at radius 3 is 1.67 bits per heavy atom. The van der Waals surface area contributed by atoms with Gasteiger partial charge in [0, 0.05) is 23.0 Å². The van der Waals surface area contributed by atoms with E-state index in [2.05, 4.69) is 12.2 Å². The van der Waals surface area contributed by atoms with Gasteiger partial charge in [-0.3, -0.25) is 9.59 Å². The highest BCUT2D eigenvalue weighted by Crippen LogP contribution is 2.53. The average Bonchev–Trinajstić information content (AvgIpc) is 2.37. The molecule has 0 aliphatic carbocycles. The molecule has 21 heavy (non-hydrogen) atoms. The van der Waals surface area contributed by atoms with Gasteiger partial charge in [0.2, 0.25) is 5.69 Å². The van der Waals surface area contributed by atoms with Crippen molar-refractivity contribution in [3.8, 4) is 0 Å². The number of hydrogen-bond donors (Lipinski definition) is 3. The number of rotatable bonds is 14. The minimum absolute atomic E-state index is 0.129. The Labute approximate surface area is 143 Å². The minimum Gasteiger partial charge on any atom is -0.481 e. The molecule has 6 nitrogen and oxygen atoms in total. The molecule has 0 radical (unpaired) electrons. The van der Waals surface area contributed by atoms with Crippen LogP contribution in [-0.2, 0) is 30.4 Å². The van der Waals surface area contributed by atoms with E-state index in [1.807, 2.05) is 0 Å². The van der Waals surface area contributed by atoms with Crippen molar-refractivity contribution >= 4 is 65.2 Å². The molecule has 0 amide bonds. The monoisotopic (exact) mass is 394 g/mol. The number of hydrogen-bond acceptors (Lipinski definition) is 7. The first-order chi connectivity index (χ1) is 9.83. The van der Waals surface area contributed by atoms with Gasteiger partial charge < -0.3 is 19.3 Å². The Balaban J connectivity index is 3.49. The van der Waals surface area contributed by atoms with Crippen LogP contribution in [0.2, 0.25) is 0 Å². The molecule has 0 atom stereocenters. The minimum atomic E-state index is -2.56. The highest BCUT2D eigenvalue weighted by Gasteiger charge is 2.12. The van der Waals surface area contributed by atoms with Gasteiger partial charge in [-0.25, -0.2) is 0 Å². The highest BCUT2D eigenvalue weighted by atomic mass is 32.9. The Hall–Kier alpha value is 0.560. The lowest BCUT2D eigenvalue weighted by molar-refractivity contribution is -0.137. The molecular formula is C10H19O6PS4. The van der Waals surface area contributed by atoms with Crippen LogP contribution in [0.15, 0.2) is 0 Å². The summed E-state index contributed by atoms with van der Waals surface area (Å²) in [5, 5.41) is 16.9. The van der Waals surface area contributed by atoms with E-state index in [0.717, 1.165) is 0 Å². The summed E-state index contributed by atoms with van der Waals surface area (Å²) in [6, 6.07) is 0. The summed E-state index contributed by atoms with van der Waals surface area (Å²) in [5.74, 6) is 0.731. The van der Waals surface area contributed by atoms with Gasteiger partial charge in [-0.2, -0.15) is 23.5 Å². The van der Waals surface area contributed by atoms with Crippen LogP contribution in [0.4, 0.5) is 0 Å². The van der Waals surface area contributed by atoms with Crippen molar-refractivity contribution in [3.05, 3.63) is 0 Å². The molecule has 0 saturated carbocycles. The third kappa shape index (κ3) is 16.8. The molecule has 0 aromatic rings. The summed E-state index contributed by atoms with van der Waals surface area (Å²) in [6.45, 7) is 0.744. The number of thioether (sulfide) groups is 2. The predicted molar refractivity (Wildman–Crippen MR) is 94.3 cm³/mol. The van der Waals surface area contributed by atoms with Crippen LogP contribution >= 0.6 is 41.5 Å². The summed E-state index contributed by atoms with van der Waals surface area (Å²) in [6.07, 6.45) is 0.257. The molecule has 0 rings (SSSR count). The SMILES string of the molecule is O=C(O)CCSCCOP(=S)(S)OCCSCCC(=O)O. The third-order valence-corrected chi connectivity index (χ3v) is 6.12. The molecule has 0 fully saturated rings. The van der Waals surface area contributed by atoms with E-state index in [9.17, 15) is 9.59 Å². The van der Waals surface area contributed by atoms with Crippen LogP contribution in [0.1, 0.15) is 12.8 Å². The van der Waals surface area contributed by atoms with Gasteiger partial charge in [0.25, 0.3) is 0 Å². The first kappa shape index (κ1) is 21.6. The van der Waals surface area contributed by atoms with Gasteiger partial charge in [-0.15, -0.1) is 0 Å². The van der Waals surface area contributed by atoms with E-state index in [1.54, 1.807) is 0 Å². The van der Waals surface area contributed by atoms with Crippen molar-refractivity contribution in [2.24, 2.45) is 0 Å². The fourth-order valence-electron chi connectivity index (χ4n) is 0.983. The Kier molecular flexibility index (Phi) is 13.4. The largest absolute Gasteiger partial charge is 0.481 e. The number of thiol groups is 1. The van der Waals surface area contributed by atoms with Gasteiger partial charge >= 0.3 is 11.9 Å². The summed E-state index contributed by atoms with van der Waals surface area (Å²) in [5.41, 5.74) is -2.56. The molecular weight excluding hydrogens is 375 g/mol. The molecule has 0 aliphatic rings. The summed E-state index contributed by atoms with van der Waals surface area (Å²) < 4.78 is 10.8. The van der Waals surface area contributed by atoms with Gasteiger partial charge in [0.05, 0.1) is 26.1 Å². The van der Waals surface area contributed by atoms with E-state index < -0.39 is 17.6 Å². The number of carbonyl (C=O) groups is 2. The molecule has 0 aromatic heterocycles. The molecule has 11 heteroatoms. The van der Waals surface area contributed by atoms with Gasteiger partial charge in [0.1, 0.15) is 0 Å². The molecule has 0 heterocycles. The van der Waals surface area contributed by atoms with E-state index in [1.165, 1.54) is 23.5 Å². The second kappa shape index (κ2) is 13.0. The van der Waals surface area contributed by atoms with Gasteiger partial charge in [-0.1, -0.05) is 12.2 Å². The standard InChI is InChI=1S/C10H19O6PS4/c11-9(12)1-5-20-7-3-15-17(18,19)16-4-8-21-6-2-10(13)14/h1-8H2,(H,11,12)(H,13,14)(H,18,19). The molecule has 2 N–H and O–H groups in total. The zero-order valence-electron chi connectivity index (χ0n) is 11.3. The maximum absolute atomic E-state index is 10.3. The molecule has 0 aliphatic heterocycles. The molecule has 0 bridgehead atoms. The molecule has 0 saturated heterocycles. The lowest BCUT2D eigenvalue weighted by atomic mass is 10.5. The number of carboxylic acids is 2. The van der Waals surface area contributed by atoms with E-state index in [4.69, 9.17) is 31.1 Å². The quantitative estimate of drug-likeness (QED) is 0.233. The Bertz CT molecular complexity index is 337. The second-order valence-corrected chi connectivity index (χ2v) is 11.4. The Morgan fingerprint density at radius 1 is 0.952 bits per heavy atom. The summed E-state index contributed by atoms with van der Waals surface area (Å²) in [7, 11) is 0. The van der Waals surface area contributed by atoms with Crippen LogP contribution in [0, 0.1) is 0 Å². The zero-order chi connectivity index (χ0) is 16.1. The second-order valence-electron chi connectivity index (χ2n) is 3.65. The van der Waals surface area contributed by atoms with Crippen molar-refractivity contribution < 1.29 is 28.8 Å². The smallest absolute Gasteiger partial charge is 0.304 e. The Morgan fingerprint density at radius 2 is 1.33 bits per heavy atom. The summed E-state index contributed by atoms with van der Waals surface area (Å²) >= 11 is 12.2. The maximum atomic E-state index is 10.3. The van der Waals surface area contributed by atoms with Crippen LogP contribution in [0.25, 0.3) is 0 Å². The van der Waals surface area contributed by atoms with E-state index in [0.29, 0.717) is 36.2 Å². The molecule has 124 valence electrons. The fourth-order valence-corrected chi connectivity index (χ4v) is 4.33. The lowest BCUT2D eigenvalue weighted by Crippen LogP contribution is -2.02. The van der Waals surface area contributed by atoms with Gasteiger partial charge in [-0.05, 0) is 11.8 Å². The number of aliphatic carboxylic acids is 2. The third-order valence-electron chi connectivity index (χ3n) is 1.88. The summed E-state index contributed by atoms with van der Waals surface area (Å²) in [4.78, 5) is 20.6. The van der Waals surface area contributed by atoms with Crippen molar-refractivity contribution in [1.29, 1.82) is 0 Å². The fraction of sp³-hybridized carbons (Fsp3) is 0.800. The van der Waals surface area contributed by atoms with E-state index >= 15 is 0 Å². The van der Waals surface area contributed by atoms with Crippen molar-refractivity contribution in [2.45, 2.75) is 12.8 Å². The normalized spacial score (nSPS) is 11.5. The molecule has 0 unspecified atom stereocenters. The first-order valence-electron chi connectivity index (χ1n) is 6.04. The van der Waals surface area contributed by atoms with Crippen LogP contribution in [0.3, 0.4) is 0 Å². The van der Waals surface area contributed by atoms with E-state index in [-0.39, 0.29) is 12.8 Å². The highest BCUT2D eigenvalue weighted by molar-refractivity contribution is 8.60. The van der Waals surface area contributed by atoms with Crippen LogP contribution in [0.5, 0.6) is 0 Å². The topological polar surface area (TPSA) is 93.1 Å². The molecule has 0 spiro atoms.